The fraction of sp³-hybridized carbons (Fsp3) is 0.176. The molecule has 1 N–H and O–H groups in total. The predicted molar refractivity (Wildman–Crippen MR) is 92.7 cm³/mol. The lowest BCUT2D eigenvalue weighted by Crippen LogP contribution is -2.22. The highest BCUT2D eigenvalue weighted by Gasteiger charge is 2.19. The van der Waals surface area contributed by atoms with E-state index < -0.39 is 0 Å². The highest BCUT2D eigenvalue weighted by molar-refractivity contribution is 8.00. The second-order valence-electron chi connectivity index (χ2n) is 5.18. The lowest BCUT2D eigenvalue weighted by Gasteiger charge is -2.11. The third-order valence-corrected chi connectivity index (χ3v) is 4.30. The Balaban J connectivity index is 1.65. The molecule has 0 radical (unpaired) electrons. The summed E-state index contributed by atoms with van der Waals surface area (Å²) < 4.78 is 5.59. The van der Waals surface area contributed by atoms with Crippen LogP contribution >= 0.6 is 11.8 Å². The van der Waals surface area contributed by atoms with Crippen LogP contribution in [0.4, 0.5) is 5.69 Å². The molecule has 0 aliphatic heterocycles. The summed E-state index contributed by atoms with van der Waals surface area (Å²) in [6, 6.07) is 11.3. The summed E-state index contributed by atoms with van der Waals surface area (Å²) in [6.45, 7) is 3.75. The summed E-state index contributed by atoms with van der Waals surface area (Å²) >= 11 is 1.22. The van der Waals surface area contributed by atoms with Crippen LogP contribution in [0.1, 0.15) is 12.5 Å². The van der Waals surface area contributed by atoms with Gasteiger partial charge in [0.05, 0.1) is 10.8 Å². The Kier molecular flexibility index (Phi) is 4.90. The number of aryl methyl sites for hydroxylation is 1. The fourth-order valence-corrected chi connectivity index (χ4v) is 2.70. The molecule has 24 heavy (non-hydrogen) atoms. The lowest BCUT2D eigenvalue weighted by molar-refractivity contribution is -0.115. The first-order chi connectivity index (χ1) is 11.6. The summed E-state index contributed by atoms with van der Waals surface area (Å²) in [5, 5.41) is 10.9. The molecule has 1 amide bonds. The highest BCUT2D eigenvalue weighted by Crippen LogP contribution is 2.26. The number of nitrogens with one attached hydrogen (secondary N) is 1. The number of anilines is 1. The van der Waals surface area contributed by atoms with Gasteiger partial charge < -0.3 is 9.73 Å². The number of amides is 1. The average Bonchev–Trinajstić information content (AvgIpc) is 3.06. The molecular weight excluding hydrogens is 324 g/mol. The molecule has 2 aromatic heterocycles. The molecule has 1 unspecified atom stereocenters. The van der Waals surface area contributed by atoms with Crippen LogP contribution in [-0.4, -0.2) is 26.3 Å². The third kappa shape index (κ3) is 3.80. The van der Waals surface area contributed by atoms with Crippen LogP contribution in [0.15, 0.2) is 58.4 Å². The van der Waals surface area contributed by atoms with Gasteiger partial charge in [-0.25, -0.2) is 0 Å². The van der Waals surface area contributed by atoms with Gasteiger partial charge in [-0.15, -0.1) is 10.2 Å². The van der Waals surface area contributed by atoms with Crippen molar-refractivity contribution in [3.8, 4) is 11.5 Å². The minimum absolute atomic E-state index is 0.115. The molecule has 0 aliphatic rings. The van der Waals surface area contributed by atoms with Crippen molar-refractivity contribution < 1.29 is 9.21 Å². The van der Waals surface area contributed by atoms with Gasteiger partial charge in [-0.3, -0.25) is 9.78 Å². The first-order valence-electron chi connectivity index (χ1n) is 7.40. The minimum atomic E-state index is -0.369. The maximum atomic E-state index is 12.3. The molecule has 0 spiro atoms. The number of hydrogen-bond donors (Lipinski definition) is 1. The molecule has 0 saturated heterocycles. The van der Waals surface area contributed by atoms with Crippen molar-refractivity contribution in [1.82, 2.24) is 15.2 Å². The van der Waals surface area contributed by atoms with E-state index in [-0.39, 0.29) is 11.2 Å². The Hall–Kier alpha value is -2.67. The van der Waals surface area contributed by atoms with Crippen LogP contribution in [0.5, 0.6) is 0 Å². The second-order valence-corrected chi connectivity index (χ2v) is 6.47. The molecule has 1 aromatic carbocycles. The molecule has 3 rings (SSSR count). The summed E-state index contributed by atoms with van der Waals surface area (Å²) in [4.78, 5) is 16.3. The SMILES string of the molecule is Cc1ccccc1NC(=O)C(C)Sc1nnc(-c2cccnc2)o1. The van der Waals surface area contributed by atoms with Gasteiger partial charge in [0.1, 0.15) is 0 Å². The molecule has 122 valence electrons. The minimum Gasteiger partial charge on any atom is -0.411 e. The van der Waals surface area contributed by atoms with Crippen LogP contribution in [0.3, 0.4) is 0 Å². The number of thioether (sulfide) groups is 1. The summed E-state index contributed by atoms with van der Waals surface area (Å²) in [5.74, 6) is 0.271. The number of pyridine rings is 1. The van der Waals surface area contributed by atoms with Crippen molar-refractivity contribution in [3.63, 3.8) is 0 Å². The van der Waals surface area contributed by atoms with Gasteiger partial charge in [0, 0.05) is 18.1 Å². The van der Waals surface area contributed by atoms with E-state index in [2.05, 4.69) is 20.5 Å². The van der Waals surface area contributed by atoms with Crippen LogP contribution in [-0.2, 0) is 4.79 Å². The van der Waals surface area contributed by atoms with Gasteiger partial charge in [-0.05, 0) is 37.6 Å². The van der Waals surface area contributed by atoms with Gasteiger partial charge in [-0.2, -0.15) is 0 Å². The largest absolute Gasteiger partial charge is 0.411 e. The number of aromatic nitrogens is 3. The second kappa shape index (κ2) is 7.27. The fourth-order valence-electron chi connectivity index (χ4n) is 2.02. The van der Waals surface area contributed by atoms with E-state index in [0.717, 1.165) is 16.8 Å². The zero-order valence-electron chi connectivity index (χ0n) is 13.3. The number of para-hydroxylation sites is 1. The van der Waals surface area contributed by atoms with Crippen molar-refractivity contribution in [2.24, 2.45) is 0 Å². The molecule has 2 heterocycles. The van der Waals surface area contributed by atoms with Crippen LogP contribution in [0.2, 0.25) is 0 Å². The maximum Gasteiger partial charge on any atom is 0.277 e. The summed E-state index contributed by atoms with van der Waals surface area (Å²) in [6.07, 6.45) is 3.32. The molecule has 1 atom stereocenters. The molecule has 6 nitrogen and oxygen atoms in total. The van der Waals surface area contributed by atoms with E-state index in [9.17, 15) is 4.79 Å². The van der Waals surface area contributed by atoms with E-state index in [1.165, 1.54) is 11.8 Å². The molecule has 7 heteroatoms. The number of hydrogen-bond acceptors (Lipinski definition) is 6. The van der Waals surface area contributed by atoms with Gasteiger partial charge in [-0.1, -0.05) is 30.0 Å². The number of benzene rings is 1. The van der Waals surface area contributed by atoms with Crippen molar-refractivity contribution in [3.05, 3.63) is 54.4 Å². The Labute approximate surface area is 143 Å². The van der Waals surface area contributed by atoms with Crippen molar-refractivity contribution in [2.75, 3.05) is 5.32 Å². The highest BCUT2D eigenvalue weighted by atomic mass is 32.2. The van der Waals surface area contributed by atoms with Gasteiger partial charge in [0.2, 0.25) is 11.8 Å². The monoisotopic (exact) mass is 340 g/mol. The van der Waals surface area contributed by atoms with Gasteiger partial charge in [0.25, 0.3) is 5.22 Å². The first-order valence-corrected chi connectivity index (χ1v) is 8.28. The standard InChI is InChI=1S/C17H16N4O2S/c1-11-6-3-4-8-14(11)19-15(22)12(2)24-17-21-20-16(23-17)13-7-5-9-18-10-13/h3-10,12H,1-2H3,(H,19,22). The predicted octanol–water partition coefficient (Wildman–Crippen LogP) is 3.56. The zero-order chi connectivity index (χ0) is 16.9. The molecule has 3 aromatic rings. The number of carbonyl (C=O) groups excluding carboxylic acids is 1. The zero-order valence-corrected chi connectivity index (χ0v) is 14.1. The lowest BCUT2D eigenvalue weighted by atomic mass is 10.2. The van der Waals surface area contributed by atoms with E-state index in [4.69, 9.17) is 4.42 Å². The van der Waals surface area contributed by atoms with Gasteiger partial charge >= 0.3 is 0 Å². The Bertz CT molecular complexity index is 835. The van der Waals surface area contributed by atoms with Crippen molar-refractivity contribution in [1.29, 1.82) is 0 Å². The number of nitrogens with zero attached hydrogens (tertiary/aromatic N) is 3. The normalized spacial score (nSPS) is 11.9. The Morgan fingerprint density at radius 3 is 2.79 bits per heavy atom. The number of carbonyl (C=O) groups is 1. The quantitative estimate of drug-likeness (QED) is 0.715. The van der Waals surface area contributed by atoms with Crippen LogP contribution in [0.25, 0.3) is 11.5 Å². The summed E-state index contributed by atoms with van der Waals surface area (Å²) in [7, 11) is 0. The topological polar surface area (TPSA) is 80.9 Å². The molecular formula is C17H16N4O2S. The third-order valence-electron chi connectivity index (χ3n) is 3.36. The van der Waals surface area contributed by atoms with Crippen LogP contribution < -0.4 is 5.32 Å². The van der Waals surface area contributed by atoms with E-state index >= 15 is 0 Å². The van der Waals surface area contributed by atoms with Crippen LogP contribution in [0, 0.1) is 6.92 Å². The van der Waals surface area contributed by atoms with Crippen molar-refractivity contribution in [2.45, 2.75) is 24.3 Å². The van der Waals surface area contributed by atoms with Crippen molar-refractivity contribution >= 4 is 23.4 Å². The van der Waals surface area contributed by atoms with E-state index in [0.29, 0.717) is 11.1 Å². The molecule has 0 aliphatic carbocycles. The van der Waals surface area contributed by atoms with E-state index in [1.54, 1.807) is 25.4 Å². The van der Waals surface area contributed by atoms with Gasteiger partial charge in [0.15, 0.2) is 0 Å². The Morgan fingerprint density at radius 1 is 1.21 bits per heavy atom. The average molecular weight is 340 g/mol. The molecule has 0 saturated carbocycles. The number of rotatable bonds is 5. The Morgan fingerprint density at radius 2 is 2.04 bits per heavy atom. The maximum absolute atomic E-state index is 12.3. The molecule has 0 fully saturated rings. The van der Waals surface area contributed by atoms with E-state index in [1.807, 2.05) is 37.3 Å². The molecule has 0 bridgehead atoms. The summed E-state index contributed by atoms with van der Waals surface area (Å²) in [5.41, 5.74) is 2.56. The smallest absolute Gasteiger partial charge is 0.277 e. The first kappa shape index (κ1) is 16.2.